The summed E-state index contributed by atoms with van der Waals surface area (Å²) in [5, 5.41) is 7.49. The van der Waals surface area contributed by atoms with Crippen LogP contribution in [0.1, 0.15) is 32.9 Å². The molecule has 0 aliphatic rings. The summed E-state index contributed by atoms with van der Waals surface area (Å²) in [5.74, 6) is -0.497. The summed E-state index contributed by atoms with van der Waals surface area (Å²) >= 11 is 0. The van der Waals surface area contributed by atoms with Gasteiger partial charge in [-0.05, 0) is 49.2 Å². The van der Waals surface area contributed by atoms with E-state index in [4.69, 9.17) is 0 Å². The van der Waals surface area contributed by atoms with Gasteiger partial charge < -0.3 is 9.88 Å². The van der Waals surface area contributed by atoms with Crippen molar-refractivity contribution in [2.45, 2.75) is 26.9 Å². The van der Waals surface area contributed by atoms with Crippen molar-refractivity contribution in [1.82, 2.24) is 24.6 Å². The van der Waals surface area contributed by atoms with Crippen molar-refractivity contribution >= 4 is 5.91 Å². The number of halogens is 1. The van der Waals surface area contributed by atoms with Crippen molar-refractivity contribution in [2.75, 3.05) is 0 Å². The van der Waals surface area contributed by atoms with E-state index < -0.39 is 0 Å². The van der Waals surface area contributed by atoms with Gasteiger partial charge in [-0.2, -0.15) is 5.10 Å². The van der Waals surface area contributed by atoms with Gasteiger partial charge in [-0.1, -0.05) is 24.3 Å². The molecule has 6 nitrogen and oxygen atoms in total. The maximum Gasteiger partial charge on any atom is 0.255 e. The molecule has 7 heteroatoms. The first-order valence-electron chi connectivity index (χ1n) is 9.66. The molecule has 4 rings (SSSR count). The smallest absolute Gasteiger partial charge is 0.255 e. The van der Waals surface area contributed by atoms with E-state index in [9.17, 15) is 9.18 Å². The normalized spacial score (nSPS) is 10.9. The van der Waals surface area contributed by atoms with Gasteiger partial charge in [0.15, 0.2) is 0 Å². The van der Waals surface area contributed by atoms with Gasteiger partial charge in [-0.15, -0.1) is 0 Å². The zero-order chi connectivity index (χ0) is 21.1. The van der Waals surface area contributed by atoms with Crippen molar-refractivity contribution < 1.29 is 9.18 Å². The lowest BCUT2D eigenvalue weighted by Gasteiger charge is -2.12. The number of carbonyl (C=O) groups is 1. The van der Waals surface area contributed by atoms with Crippen LogP contribution >= 0.6 is 0 Å². The Bertz CT molecular complexity index is 1160. The van der Waals surface area contributed by atoms with Crippen LogP contribution in [0, 0.1) is 19.7 Å². The lowest BCUT2D eigenvalue weighted by Crippen LogP contribution is -2.24. The molecule has 0 spiro atoms. The zero-order valence-corrected chi connectivity index (χ0v) is 16.8. The highest BCUT2D eigenvalue weighted by molar-refractivity contribution is 5.96. The van der Waals surface area contributed by atoms with E-state index >= 15 is 0 Å². The second kappa shape index (κ2) is 8.32. The number of aryl methyl sites for hydroxylation is 1. The number of amides is 1. The predicted octanol–water partition coefficient (Wildman–Crippen LogP) is 3.80. The second-order valence-corrected chi connectivity index (χ2v) is 7.12. The first-order valence-corrected chi connectivity index (χ1v) is 9.66. The van der Waals surface area contributed by atoms with Crippen LogP contribution in [0.5, 0.6) is 0 Å². The fourth-order valence-corrected chi connectivity index (χ4v) is 3.53. The number of hydrogen-bond donors (Lipinski definition) is 1. The van der Waals surface area contributed by atoms with Crippen LogP contribution < -0.4 is 5.32 Å². The minimum Gasteiger partial charge on any atom is -0.348 e. The van der Waals surface area contributed by atoms with Gasteiger partial charge in [0.05, 0.1) is 29.0 Å². The van der Waals surface area contributed by atoms with Gasteiger partial charge in [0.1, 0.15) is 5.82 Å². The van der Waals surface area contributed by atoms with Crippen molar-refractivity contribution in [1.29, 1.82) is 0 Å². The Hall–Kier alpha value is -3.74. The highest BCUT2D eigenvalue weighted by Crippen LogP contribution is 2.19. The van der Waals surface area contributed by atoms with Crippen LogP contribution in [0.3, 0.4) is 0 Å². The lowest BCUT2D eigenvalue weighted by atomic mass is 10.1. The van der Waals surface area contributed by atoms with Crippen LogP contribution in [-0.2, 0) is 13.1 Å². The Morgan fingerprint density at radius 1 is 1.07 bits per heavy atom. The quantitative estimate of drug-likeness (QED) is 0.533. The summed E-state index contributed by atoms with van der Waals surface area (Å²) in [6, 6.07) is 14.0. The molecule has 0 bridgehead atoms. The summed E-state index contributed by atoms with van der Waals surface area (Å²) in [7, 11) is 0. The van der Waals surface area contributed by atoms with Crippen LogP contribution in [-0.4, -0.2) is 25.2 Å². The summed E-state index contributed by atoms with van der Waals surface area (Å²) in [6.07, 6.45) is 5.42. The minimum absolute atomic E-state index is 0.184. The second-order valence-electron chi connectivity index (χ2n) is 7.12. The average Bonchev–Trinajstić information content (AvgIpc) is 3.35. The Kier molecular flexibility index (Phi) is 5.43. The Morgan fingerprint density at radius 2 is 1.80 bits per heavy atom. The SMILES string of the molecule is Cc1nn(-c2ccc(F)cc2)c(C)c1C(=O)NCc1ccccc1Cn1ccnc1. The molecule has 4 aromatic rings. The summed E-state index contributed by atoms with van der Waals surface area (Å²) in [4.78, 5) is 17.0. The van der Waals surface area contributed by atoms with E-state index in [1.807, 2.05) is 42.0 Å². The molecule has 0 aliphatic heterocycles. The number of carbonyl (C=O) groups excluding carboxylic acids is 1. The molecule has 0 radical (unpaired) electrons. The standard InChI is InChI=1S/C23H22FN5O/c1-16-22(17(2)29(27-16)21-9-7-20(24)8-10-21)23(30)26-13-18-5-3-4-6-19(18)14-28-12-11-25-15-28/h3-12,15H,13-14H2,1-2H3,(H,26,30). The number of imidazole rings is 1. The van der Waals surface area contributed by atoms with Crippen molar-refractivity contribution in [3.63, 3.8) is 0 Å². The number of nitrogens with zero attached hydrogens (tertiary/aromatic N) is 4. The number of aromatic nitrogens is 4. The maximum atomic E-state index is 13.2. The van der Waals surface area contributed by atoms with Crippen LogP contribution in [0.25, 0.3) is 5.69 Å². The molecule has 0 unspecified atom stereocenters. The fraction of sp³-hybridized carbons (Fsp3) is 0.174. The van der Waals surface area contributed by atoms with Crippen molar-refractivity contribution in [3.05, 3.63) is 101 Å². The van der Waals surface area contributed by atoms with E-state index in [2.05, 4.69) is 15.4 Å². The molecule has 30 heavy (non-hydrogen) atoms. The maximum absolute atomic E-state index is 13.2. The molecule has 0 fully saturated rings. The third-order valence-electron chi connectivity index (χ3n) is 5.06. The van der Waals surface area contributed by atoms with Gasteiger partial charge in [-0.3, -0.25) is 4.79 Å². The van der Waals surface area contributed by atoms with Gasteiger partial charge in [-0.25, -0.2) is 14.1 Å². The van der Waals surface area contributed by atoms with E-state index in [0.717, 1.165) is 11.1 Å². The largest absolute Gasteiger partial charge is 0.348 e. The highest BCUT2D eigenvalue weighted by Gasteiger charge is 2.19. The Morgan fingerprint density at radius 3 is 2.50 bits per heavy atom. The first-order chi connectivity index (χ1) is 14.5. The minimum atomic E-state index is -0.312. The summed E-state index contributed by atoms with van der Waals surface area (Å²) in [6.45, 7) is 4.73. The molecule has 2 heterocycles. The van der Waals surface area contributed by atoms with E-state index in [1.54, 1.807) is 36.3 Å². The molecule has 0 saturated carbocycles. The highest BCUT2D eigenvalue weighted by atomic mass is 19.1. The third-order valence-corrected chi connectivity index (χ3v) is 5.06. The van der Waals surface area contributed by atoms with Gasteiger partial charge in [0, 0.05) is 25.5 Å². The monoisotopic (exact) mass is 403 g/mol. The van der Waals surface area contributed by atoms with Crippen molar-refractivity contribution in [2.24, 2.45) is 0 Å². The van der Waals surface area contributed by atoms with Gasteiger partial charge >= 0.3 is 0 Å². The first kappa shape index (κ1) is 19.6. The van der Waals surface area contributed by atoms with E-state index in [1.165, 1.54) is 12.1 Å². The van der Waals surface area contributed by atoms with Gasteiger partial charge in [0.2, 0.25) is 0 Å². The Balaban J connectivity index is 1.52. The molecule has 0 atom stereocenters. The van der Waals surface area contributed by atoms with E-state index in [0.29, 0.717) is 35.7 Å². The number of rotatable bonds is 6. The number of benzene rings is 2. The average molecular weight is 403 g/mol. The van der Waals surface area contributed by atoms with E-state index in [-0.39, 0.29) is 11.7 Å². The number of nitrogens with one attached hydrogen (secondary N) is 1. The molecule has 152 valence electrons. The molecular weight excluding hydrogens is 381 g/mol. The summed E-state index contributed by atoms with van der Waals surface area (Å²) in [5.41, 5.74) is 4.74. The van der Waals surface area contributed by atoms with Crippen LogP contribution in [0.15, 0.2) is 67.3 Å². The zero-order valence-electron chi connectivity index (χ0n) is 16.8. The molecule has 0 saturated heterocycles. The van der Waals surface area contributed by atoms with Gasteiger partial charge in [0.25, 0.3) is 5.91 Å². The molecular formula is C23H22FN5O. The topological polar surface area (TPSA) is 64.7 Å². The molecule has 2 aromatic carbocycles. The lowest BCUT2D eigenvalue weighted by molar-refractivity contribution is 0.0949. The predicted molar refractivity (Wildman–Crippen MR) is 112 cm³/mol. The molecule has 1 N–H and O–H groups in total. The van der Waals surface area contributed by atoms with Crippen LogP contribution in [0.4, 0.5) is 4.39 Å². The fourth-order valence-electron chi connectivity index (χ4n) is 3.53. The molecule has 0 aliphatic carbocycles. The van der Waals surface area contributed by atoms with Crippen LogP contribution in [0.2, 0.25) is 0 Å². The van der Waals surface area contributed by atoms with Crippen molar-refractivity contribution in [3.8, 4) is 5.69 Å². The Labute approximate surface area is 174 Å². The third kappa shape index (κ3) is 4.00. The molecule has 1 amide bonds. The molecule has 2 aromatic heterocycles. The summed E-state index contributed by atoms with van der Waals surface area (Å²) < 4.78 is 16.9. The number of hydrogen-bond acceptors (Lipinski definition) is 3.